The number of fused-ring (bicyclic) bond motifs is 3. The van der Waals surface area contributed by atoms with Gasteiger partial charge in [0.2, 0.25) is 0 Å². The van der Waals surface area contributed by atoms with Crippen LogP contribution in [0.25, 0.3) is 0 Å². The molecule has 0 aromatic rings. The fourth-order valence-corrected chi connectivity index (χ4v) is 22.0. The van der Waals surface area contributed by atoms with Crippen molar-refractivity contribution in [2.45, 2.75) is 89.5 Å². The maximum Gasteiger partial charge on any atom is 0.0129 e. The second-order valence-corrected chi connectivity index (χ2v) is 20.4. The first kappa shape index (κ1) is 22.5. The lowest BCUT2D eigenvalue weighted by molar-refractivity contribution is -0.126. The summed E-state index contributed by atoms with van der Waals surface area (Å²) in [5.74, 6) is 29.3. The van der Waals surface area contributed by atoms with Gasteiger partial charge in [0.15, 0.2) is 0 Å². The van der Waals surface area contributed by atoms with Crippen LogP contribution >= 0.6 is 0 Å². The minimum atomic E-state index is 0.933. The molecule has 220 valence electrons. The molecule has 41 heavy (non-hydrogen) atoms. The summed E-state index contributed by atoms with van der Waals surface area (Å²) in [4.78, 5) is 0. The smallest absolute Gasteiger partial charge is 0.0129 e. The normalized spacial score (nSPS) is 77.3. The third-order valence-electron chi connectivity index (χ3n) is 21.4. The van der Waals surface area contributed by atoms with Gasteiger partial charge in [-0.05, 0) is 238 Å². The first-order valence-electron chi connectivity index (χ1n) is 20.1. The lowest BCUT2D eigenvalue weighted by Gasteiger charge is -2.60. The summed E-state index contributed by atoms with van der Waals surface area (Å²) in [5, 5.41) is 4.56. The highest BCUT2D eigenvalue weighted by atomic mass is 15.0. The van der Waals surface area contributed by atoms with Gasteiger partial charge in [-0.15, -0.1) is 0 Å². The average molecular weight is 550 g/mol. The molecular weight excluding hydrogens is 494 g/mol. The predicted octanol–water partition coefficient (Wildman–Crippen LogP) is 7.61. The average Bonchev–Trinajstić information content (AvgIpc) is 3.79. The summed E-state index contributed by atoms with van der Waals surface area (Å²) in [6, 6.07) is 0.933. The van der Waals surface area contributed by atoms with Crippen molar-refractivity contribution in [3.8, 4) is 0 Å². The Balaban J connectivity index is 1.05. The topological polar surface area (TPSA) is 12.0 Å². The van der Waals surface area contributed by atoms with Crippen molar-refractivity contribution in [2.24, 2.45) is 148 Å². The van der Waals surface area contributed by atoms with Crippen molar-refractivity contribution < 1.29 is 0 Å². The molecule has 1 N–H and O–H groups in total. The molecule has 13 saturated carbocycles. The molecule has 20 unspecified atom stereocenters. The van der Waals surface area contributed by atoms with Crippen molar-refractivity contribution in [1.29, 1.82) is 0 Å². The van der Waals surface area contributed by atoms with E-state index < -0.39 is 0 Å². The second-order valence-electron chi connectivity index (χ2n) is 20.4. The Labute approximate surface area is 248 Å². The number of hydrogen-bond acceptors (Lipinski definition) is 1. The van der Waals surface area contributed by atoms with Gasteiger partial charge in [0.05, 0.1) is 0 Å². The highest BCUT2D eigenvalue weighted by Crippen LogP contribution is 2.83. The van der Waals surface area contributed by atoms with E-state index in [-0.39, 0.29) is 0 Å². The molecule has 14 aliphatic rings. The monoisotopic (exact) mass is 549 g/mol. The van der Waals surface area contributed by atoms with Crippen LogP contribution in [-0.4, -0.2) is 12.6 Å². The molecule has 0 amide bonds. The Bertz CT molecular complexity index is 1200. The maximum atomic E-state index is 4.56. The minimum Gasteiger partial charge on any atom is -0.313 e. The van der Waals surface area contributed by atoms with Crippen LogP contribution < -0.4 is 5.32 Å². The second kappa shape index (κ2) is 7.02. The molecule has 14 fully saturated rings. The van der Waals surface area contributed by atoms with Crippen molar-refractivity contribution in [1.82, 2.24) is 5.32 Å². The zero-order chi connectivity index (χ0) is 25.6. The number of rotatable bonds is 0. The molecule has 0 aromatic heterocycles. The molecule has 13 aliphatic carbocycles. The maximum absolute atomic E-state index is 4.56. The molecule has 0 spiro atoms. The van der Waals surface area contributed by atoms with Gasteiger partial charge in [0.25, 0.3) is 0 Å². The Hall–Kier alpha value is -0.0400. The van der Waals surface area contributed by atoms with Gasteiger partial charge in [-0.3, -0.25) is 0 Å². The lowest BCUT2D eigenvalue weighted by Crippen LogP contribution is -2.61. The summed E-state index contributed by atoms with van der Waals surface area (Å²) in [6.07, 6.45) is 21.9. The summed E-state index contributed by atoms with van der Waals surface area (Å²) in [5.41, 5.74) is 0. The number of hydrogen-bond donors (Lipinski definition) is 1. The van der Waals surface area contributed by atoms with E-state index in [1.54, 1.807) is 83.5 Å². The zero-order valence-electron chi connectivity index (χ0n) is 25.4. The largest absolute Gasteiger partial charge is 0.313 e. The van der Waals surface area contributed by atoms with Crippen LogP contribution in [-0.2, 0) is 0 Å². The lowest BCUT2D eigenvalue weighted by atomic mass is 9.45. The van der Waals surface area contributed by atoms with E-state index in [1.807, 2.05) is 0 Å². The summed E-state index contributed by atoms with van der Waals surface area (Å²) < 4.78 is 0. The number of piperidine rings is 1. The van der Waals surface area contributed by atoms with E-state index >= 15 is 0 Å². The van der Waals surface area contributed by atoms with Crippen LogP contribution in [0.3, 0.4) is 0 Å². The highest BCUT2D eigenvalue weighted by molar-refractivity contribution is 5.26. The molecule has 14 rings (SSSR count). The van der Waals surface area contributed by atoms with Gasteiger partial charge >= 0.3 is 0 Å². The van der Waals surface area contributed by atoms with Gasteiger partial charge in [-0.25, -0.2) is 0 Å². The zero-order valence-corrected chi connectivity index (χ0v) is 25.4. The summed E-state index contributed by atoms with van der Waals surface area (Å²) in [6.45, 7) is 1.46. The standard InChI is InChI=1S/C40H55N/c1-4-18-20-6-8-22-23-9-7-21-19-5-2-17-24-10-3-16-15(1)27-13-28(16)40(24)41-14-29(17)31(19)38-26-12-11-25-32(26)39(36(23)34(21)38)35(22)33(20)37(25)30(18)27/h15-41H,1-14H2/t15?,16?,17?,18?,19?,20?,21?,22?,23?,24?,25-,26+,27+,28-,29-,30?,31?,32?,33?,34?,35?,36?,37?,38?,39?,40+/m1/s1. The van der Waals surface area contributed by atoms with Crippen LogP contribution in [0.1, 0.15) is 83.5 Å². The predicted molar refractivity (Wildman–Crippen MR) is 159 cm³/mol. The quantitative estimate of drug-likeness (QED) is 0.328. The van der Waals surface area contributed by atoms with Gasteiger partial charge in [-0.1, -0.05) is 0 Å². The van der Waals surface area contributed by atoms with E-state index in [1.165, 1.54) is 101 Å². The van der Waals surface area contributed by atoms with Gasteiger partial charge in [0.1, 0.15) is 0 Å². The van der Waals surface area contributed by atoms with E-state index in [0.717, 1.165) is 59.3 Å². The molecule has 1 heteroatoms. The molecule has 1 heterocycles. The van der Waals surface area contributed by atoms with Gasteiger partial charge < -0.3 is 5.32 Å². The molecule has 0 radical (unpaired) electrons. The Morgan fingerprint density at radius 3 is 1.22 bits per heavy atom. The van der Waals surface area contributed by atoms with E-state index in [4.69, 9.17) is 0 Å². The Morgan fingerprint density at radius 1 is 0.244 bits per heavy atom. The molecule has 15 bridgehead atoms. The van der Waals surface area contributed by atoms with Crippen molar-refractivity contribution in [3.05, 3.63) is 0 Å². The molecule has 1 aliphatic heterocycles. The van der Waals surface area contributed by atoms with E-state index in [0.29, 0.717) is 0 Å². The molecule has 1 saturated heterocycles. The molecule has 0 aromatic carbocycles. The summed E-state index contributed by atoms with van der Waals surface area (Å²) >= 11 is 0. The van der Waals surface area contributed by atoms with Gasteiger partial charge in [-0.2, -0.15) is 0 Å². The Kier molecular flexibility index (Phi) is 3.85. The third-order valence-corrected chi connectivity index (χ3v) is 21.4. The van der Waals surface area contributed by atoms with Crippen LogP contribution in [0.2, 0.25) is 0 Å². The molecule has 1 nitrogen and oxygen atoms in total. The Morgan fingerprint density at radius 2 is 0.610 bits per heavy atom. The molecular formula is C40H55N. The van der Waals surface area contributed by atoms with Crippen molar-refractivity contribution >= 4 is 0 Å². The third kappa shape index (κ3) is 2.17. The van der Waals surface area contributed by atoms with Crippen molar-refractivity contribution in [2.75, 3.05) is 6.54 Å². The van der Waals surface area contributed by atoms with Crippen LogP contribution in [0.5, 0.6) is 0 Å². The van der Waals surface area contributed by atoms with Crippen LogP contribution in [0, 0.1) is 148 Å². The fourth-order valence-electron chi connectivity index (χ4n) is 22.0. The molecule has 26 atom stereocenters. The van der Waals surface area contributed by atoms with E-state index in [2.05, 4.69) is 5.32 Å². The van der Waals surface area contributed by atoms with Gasteiger partial charge in [0, 0.05) is 6.04 Å². The minimum absolute atomic E-state index is 0.933. The fraction of sp³-hybridized carbons (Fsp3) is 1.00. The van der Waals surface area contributed by atoms with Crippen LogP contribution in [0.15, 0.2) is 0 Å². The SMILES string of the molecule is C1CC2C3CCC4C5CCC6C7CCC8C9CCC%10C1C1C2C2C3[C@@H]4CN[C@@H]5[C@@H]6C[C@@H]7C8C3C9C%10C1C1[C@@H]2CC[C@@H]31. The van der Waals surface area contributed by atoms with E-state index in [9.17, 15) is 0 Å². The highest BCUT2D eigenvalue weighted by Gasteiger charge is 2.79. The number of nitrogens with one attached hydrogen (secondary N) is 1. The van der Waals surface area contributed by atoms with Crippen LogP contribution in [0.4, 0.5) is 0 Å². The van der Waals surface area contributed by atoms with Crippen molar-refractivity contribution in [3.63, 3.8) is 0 Å². The first-order valence-corrected chi connectivity index (χ1v) is 20.1. The summed E-state index contributed by atoms with van der Waals surface area (Å²) in [7, 11) is 0. The first-order chi connectivity index (χ1) is 20.4.